The Morgan fingerprint density at radius 3 is 1.72 bits per heavy atom. The average molecular weight is 1240 g/mol. The standard InChI is InChI=1S/C25H31BO5.C24H21BrN4O3.C6H3BrIN3/c1-23(2,3)29-22(28)18-13-11-17(12-14-18)15-21(27)19-9-8-10-20(16-19)26-30-24(4,5)25(6,7)31-26;1-24(2,3)32-23(31)15-7-9-19(10-8-15)28-22(30)17-6-4-5-16(11-17)18-12-20(25)21-26-14-27-29(21)13-18;7-5-1-4(8)2-11-6(5)9-3-10-11/h8-14,16H,15H2,1-7H3;4-14H,1-3H3,(H,28,30);1-3H. The minimum atomic E-state index is -0.566. The summed E-state index contributed by atoms with van der Waals surface area (Å²) in [5.41, 5.74) is 5.59. The van der Waals surface area contributed by atoms with Crippen molar-refractivity contribution in [2.45, 2.75) is 98.1 Å². The van der Waals surface area contributed by atoms with E-state index < -0.39 is 35.5 Å². The van der Waals surface area contributed by atoms with Crippen molar-refractivity contribution < 1.29 is 38.0 Å². The number of carbonyl (C=O) groups excluding carboxylic acids is 4. The fourth-order valence-corrected chi connectivity index (χ4v) is 9.25. The fraction of sp³-hybridized carbons (Fsp3) is 0.273. The van der Waals surface area contributed by atoms with Crippen molar-refractivity contribution in [2.24, 2.45) is 0 Å². The Morgan fingerprint density at radius 1 is 0.635 bits per heavy atom. The number of anilines is 1. The first-order chi connectivity index (χ1) is 34.7. The molecule has 0 spiro atoms. The van der Waals surface area contributed by atoms with Gasteiger partial charge in [-0.2, -0.15) is 10.2 Å². The van der Waals surface area contributed by atoms with E-state index in [2.05, 4.69) is 79.9 Å². The number of pyridine rings is 2. The van der Waals surface area contributed by atoms with Gasteiger partial charge in [0.25, 0.3) is 5.91 Å². The number of halogens is 3. The van der Waals surface area contributed by atoms with Crippen molar-refractivity contribution >= 4 is 108 Å². The van der Waals surface area contributed by atoms with E-state index in [4.69, 9.17) is 18.8 Å². The highest BCUT2D eigenvalue weighted by Crippen LogP contribution is 2.36. The number of amides is 1. The molecule has 0 unspecified atom stereocenters. The Hall–Kier alpha value is -6.13. The number of esters is 2. The summed E-state index contributed by atoms with van der Waals surface area (Å²) >= 11 is 9.14. The number of Topliss-reactive ketones (excluding diaryl/α,β-unsaturated/α-hetero) is 1. The molecule has 5 heterocycles. The van der Waals surface area contributed by atoms with Crippen LogP contribution in [0, 0.1) is 3.57 Å². The number of nitrogens with zero attached hydrogens (tertiary/aromatic N) is 6. The molecule has 1 aliphatic heterocycles. The van der Waals surface area contributed by atoms with Crippen LogP contribution in [0.4, 0.5) is 5.69 Å². The molecule has 0 aliphatic carbocycles. The molecule has 4 aromatic carbocycles. The molecule has 0 atom stereocenters. The third-order valence-electron chi connectivity index (χ3n) is 11.5. The molecule has 382 valence electrons. The SMILES string of the molecule is Brc1cc(I)cn2ncnc12.CC(C)(C)OC(=O)c1ccc(CC(=O)c2cccc(B3OC(C)(C)C(C)(C)O3)c2)cc1.CC(C)(C)OC(=O)c1ccc(NC(=O)c2cccc(-c3cc(Br)c4ncnn4c3)c2)cc1. The first kappa shape index (κ1) is 55.6. The van der Waals surface area contributed by atoms with E-state index >= 15 is 0 Å². The lowest BCUT2D eigenvalue weighted by Gasteiger charge is -2.32. The molecule has 1 saturated heterocycles. The minimum absolute atomic E-state index is 0.0108. The van der Waals surface area contributed by atoms with E-state index in [0.717, 1.165) is 46.0 Å². The summed E-state index contributed by atoms with van der Waals surface area (Å²) in [5.74, 6) is -1.04. The van der Waals surface area contributed by atoms with Gasteiger partial charge < -0.3 is 24.1 Å². The highest BCUT2D eigenvalue weighted by Gasteiger charge is 2.51. The summed E-state index contributed by atoms with van der Waals surface area (Å²) in [7, 11) is -0.508. The highest BCUT2D eigenvalue weighted by molar-refractivity contribution is 14.1. The van der Waals surface area contributed by atoms with Gasteiger partial charge in [-0.1, -0.05) is 48.5 Å². The van der Waals surface area contributed by atoms with Gasteiger partial charge in [-0.3, -0.25) is 9.59 Å². The summed E-state index contributed by atoms with van der Waals surface area (Å²) in [6, 6.07) is 32.2. The first-order valence-corrected chi connectivity index (χ1v) is 26.1. The average Bonchev–Trinajstić information content (AvgIpc) is 4.07. The van der Waals surface area contributed by atoms with Gasteiger partial charge in [-0.25, -0.2) is 28.6 Å². The number of aromatic nitrogens is 6. The lowest BCUT2D eigenvalue weighted by Crippen LogP contribution is -2.41. The zero-order chi connectivity index (χ0) is 53.8. The summed E-state index contributed by atoms with van der Waals surface area (Å²) < 4.78 is 29.3. The first-order valence-electron chi connectivity index (χ1n) is 23.4. The largest absolute Gasteiger partial charge is 0.494 e. The molecule has 1 amide bonds. The molecule has 15 nitrogen and oxygen atoms in total. The van der Waals surface area contributed by atoms with Gasteiger partial charge >= 0.3 is 19.1 Å². The maximum atomic E-state index is 12.9. The van der Waals surface area contributed by atoms with Gasteiger partial charge in [0, 0.05) is 44.8 Å². The number of ether oxygens (including phenoxy) is 2. The molecular formula is C55H55BBr2IN7O8. The normalized spacial score (nSPS) is 13.8. The van der Waals surface area contributed by atoms with Gasteiger partial charge in [-0.15, -0.1) is 0 Å². The smallest absolute Gasteiger partial charge is 0.456 e. The monoisotopic (exact) mass is 1240 g/mol. The van der Waals surface area contributed by atoms with Gasteiger partial charge in [0.2, 0.25) is 0 Å². The Labute approximate surface area is 460 Å². The number of benzene rings is 4. The zero-order valence-electron chi connectivity index (χ0n) is 42.6. The van der Waals surface area contributed by atoms with Crippen LogP contribution in [0.15, 0.2) is 143 Å². The highest BCUT2D eigenvalue weighted by atomic mass is 127. The number of hydrogen-bond acceptors (Lipinski definition) is 12. The van der Waals surface area contributed by atoms with E-state index in [1.165, 1.54) is 12.7 Å². The van der Waals surface area contributed by atoms with Crippen molar-refractivity contribution in [1.29, 1.82) is 0 Å². The number of hydrogen-bond donors (Lipinski definition) is 1. The second kappa shape index (κ2) is 22.8. The summed E-state index contributed by atoms with van der Waals surface area (Å²) in [5, 5.41) is 11.1. The Kier molecular flexibility index (Phi) is 17.1. The van der Waals surface area contributed by atoms with Crippen LogP contribution in [-0.4, -0.2) is 82.3 Å². The van der Waals surface area contributed by atoms with Gasteiger partial charge in [-0.05, 0) is 201 Å². The number of rotatable bonds is 9. The second-order valence-electron chi connectivity index (χ2n) is 20.3. The quantitative estimate of drug-likeness (QED) is 0.0627. The molecule has 19 heteroatoms. The molecule has 8 aromatic rings. The van der Waals surface area contributed by atoms with Crippen molar-refractivity contribution in [3.63, 3.8) is 0 Å². The Bertz CT molecular complexity index is 3330. The third-order valence-corrected chi connectivity index (χ3v) is 13.3. The third kappa shape index (κ3) is 14.4. The van der Waals surface area contributed by atoms with Crippen LogP contribution >= 0.6 is 54.5 Å². The van der Waals surface area contributed by atoms with Crippen molar-refractivity contribution in [3.8, 4) is 11.1 Å². The van der Waals surface area contributed by atoms with E-state index in [1.54, 1.807) is 69.7 Å². The van der Waals surface area contributed by atoms with Crippen molar-refractivity contribution in [1.82, 2.24) is 29.2 Å². The second-order valence-corrected chi connectivity index (χ2v) is 23.2. The van der Waals surface area contributed by atoms with Crippen LogP contribution in [0.25, 0.3) is 22.4 Å². The molecule has 1 fully saturated rings. The van der Waals surface area contributed by atoms with Crippen LogP contribution in [0.3, 0.4) is 0 Å². The van der Waals surface area contributed by atoms with Gasteiger partial charge in [0.05, 0.1) is 31.3 Å². The number of ketones is 1. The number of carbonyl (C=O) groups is 4. The van der Waals surface area contributed by atoms with Gasteiger partial charge in [0.15, 0.2) is 17.1 Å². The van der Waals surface area contributed by atoms with E-state index in [9.17, 15) is 19.2 Å². The predicted octanol–water partition coefficient (Wildman–Crippen LogP) is 11.8. The fourth-order valence-electron chi connectivity index (χ4n) is 7.19. The van der Waals surface area contributed by atoms with Crippen LogP contribution in [0.5, 0.6) is 0 Å². The molecular weight excluding hydrogens is 1180 g/mol. The van der Waals surface area contributed by atoms with Crippen LogP contribution in [-0.2, 0) is 25.2 Å². The van der Waals surface area contributed by atoms with Crippen molar-refractivity contribution in [3.05, 3.63) is 175 Å². The summed E-state index contributed by atoms with van der Waals surface area (Å²) in [4.78, 5) is 58.2. The molecule has 1 aliphatic rings. The molecule has 74 heavy (non-hydrogen) atoms. The topological polar surface area (TPSA) is 178 Å². The van der Waals surface area contributed by atoms with E-state index in [1.807, 2.05) is 130 Å². The Morgan fingerprint density at radius 2 is 1.15 bits per heavy atom. The molecule has 9 rings (SSSR count). The van der Waals surface area contributed by atoms with E-state index in [0.29, 0.717) is 27.9 Å². The zero-order valence-corrected chi connectivity index (χ0v) is 47.9. The molecule has 4 aromatic heterocycles. The van der Waals surface area contributed by atoms with Gasteiger partial charge in [0.1, 0.15) is 23.9 Å². The number of nitrogens with one attached hydrogen (secondary N) is 1. The predicted molar refractivity (Wildman–Crippen MR) is 301 cm³/mol. The van der Waals surface area contributed by atoms with E-state index in [-0.39, 0.29) is 24.1 Å². The van der Waals surface area contributed by atoms with Crippen molar-refractivity contribution in [2.75, 3.05) is 5.32 Å². The molecule has 0 bridgehead atoms. The van der Waals surface area contributed by atoms with Crippen LogP contribution in [0.2, 0.25) is 0 Å². The minimum Gasteiger partial charge on any atom is -0.456 e. The maximum absolute atomic E-state index is 12.9. The van der Waals surface area contributed by atoms with Crippen LogP contribution < -0.4 is 10.8 Å². The summed E-state index contributed by atoms with van der Waals surface area (Å²) in [6.45, 7) is 18.9. The lowest BCUT2D eigenvalue weighted by molar-refractivity contribution is 0.00570. The Balaban J connectivity index is 0.000000179. The summed E-state index contributed by atoms with van der Waals surface area (Å²) in [6.07, 6.45) is 7.05. The van der Waals surface area contributed by atoms with Crippen LogP contribution in [0.1, 0.15) is 116 Å². The molecule has 0 radical (unpaired) electrons. The molecule has 0 saturated carbocycles. The lowest BCUT2D eigenvalue weighted by atomic mass is 9.78. The maximum Gasteiger partial charge on any atom is 0.494 e. The number of fused-ring (bicyclic) bond motifs is 2. The molecule has 1 N–H and O–H groups in total.